The van der Waals surface area contributed by atoms with Gasteiger partial charge in [0.1, 0.15) is 5.82 Å². The molecule has 0 unspecified atom stereocenters. The SMILES string of the molecule is CCOC(=O)C(CC)(Cc1cncc(F)c1)C(=O)OCC. The molecule has 0 aliphatic carbocycles. The van der Waals surface area contributed by atoms with Gasteiger partial charge >= 0.3 is 11.9 Å². The van der Waals surface area contributed by atoms with Gasteiger partial charge in [0.15, 0.2) is 5.41 Å². The van der Waals surface area contributed by atoms with Crippen molar-refractivity contribution >= 4 is 11.9 Å². The molecule has 0 fully saturated rings. The molecule has 21 heavy (non-hydrogen) atoms. The summed E-state index contributed by atoms with van der Waals surface area (Å²) in [7, 11) is 0. The summed E-state index contributed by atoms with van der Waals surface area (Å²) in [6, 6.07) is 1.25. The number of hydrogen-bond acceptors (Lipinski definition) is 5. The zero-order chi connectivity index (χ0) is 15.9. The second-order valence-electron chi connectivity index (χ2n) is 4.56. The first kappa shape index (κ1) is 17.1. The summed E-state index contributed by atoms with van der Waals surface area (Å²) >= 11 is 0. The maximum absolute atomic E-state index is 13.2. The number of aromatic nitrogens is 1. The quantitative estimate of drug-likeness (QED) is 0.570. The summed E-state index contributed by atoms with van der Waals surface area (Å²) in [5.74, 6) is -1.84. The van der Waals surface area contributed by atoms with Gasteiger partial charge in [0.05, 0.1) is 19.4 Å². The average Bonchev–Trinajstić information content (AvgIpc) is 2.45. The molecule has 0 N–H and O–H groups in total. The Hall–Kier alpha value is -1.98. The zero-order valence-electron chi connectivity index (χ0n) is 12.5. The van der Waals surface area contributed by atoms with Crippen LogP contribution in [0.15, 0.2) is 18.5 Å². The summed E-state index contributed by atoms with van der Waals surface area (Å²) in [5, 5.41) is 0. The maximum atomic E-state index is 13.2. The second-order valence-corrected chi connectivity index (χ2v) is 4.56. The molecule has 116 valence electrons. The fourth-order valence-electron chi connectivity index (χ4n) is 2.08. The first-order valence-corrected chi connectivity index (χ1v) is 6.94. The molecule has 0 aromatic carbocycles. The summed E-state index contributed by atoms with van der Waals surface area (Å²) in [4.78, 5) is 28.3. The molecule has 0 aliphatic rings. The Morgan fingerprint density at radius 1 is 1.14 bits per heavy atom. The van der Waals surface area contributed by atoms with E-state index in [1.165, 1.54) is 12.3 Å². The molecular weight excluding hydrogens is 277 g/mol. The lowest BCUT2D eigenvalue weighted by molar-refractivity contribution is -0.172. The number of nitrogens with zero attached hydrogens (tertiary/aromatic N) is 1. The predicted molar refractivity (Wildman–Crippen MR) is 73.9 cm³/mol. The van der Waals surface area contributed by atoms with E-state index in [0.717, 1.165) is 6.20 Å². The first-order valence-electron chi connectivity index (χ1n) is 6.94. The highest BCUT2D eigenvalue weighted by Gasteiger charge is 2.47. The second kappa shape index (κ2) is 7.71. The molecule has 0 saturated carbocycles. The summed E-state index contributed by atoms with van der Waals surface area (Å²) in [6.45, 7) is 5.32. The third-order valence-electron chi connectivity index (χ3n) is 3.20. The Balaban J connectivity index is 3.16. The number of pyridine rings is 1. The number of esters is 2. The molecule has 1 aromatic rings. The van der Waals surface area contributed by atoms with E-state index in [0.29, 0.717) is 5.56 Å². The maximum Gasteiger partial charge on any atom is 0.323 e. The number of hydrogen-bond donors (Lipinski definition) is 0. The van der Waals surface area contributed by atoms with Gasteiger partial charge in [-0.3, -0.25) is 14.6 Å². The highest BCUT2D eigenvalue weighted by Crippen LogP contribution is 2.31. The van der Waals surface area contributed by atoms with Crippen LogP contribution in [0.25, 0.3) is 0 Å². The van der Waals surface area contributed by atoms with E-state index in [1.807, 2.05) is 0 Å². The molecule has 0 saturated heterocycles. The van der Waals surface area contributed by atoms with Crippen LogP contribution >= 0.6 is 0 Å². The normalized spacial score (nSPS) is 11.0. The molecule has 0 bridgehead atoms. The van der Waals surface area contributed by atoms with E-state index >= 15 is 0 Å². The van der Waals surface area contributed by atoms with Gasteiger partial charge in [-0.1, -0.05) is 6.92 Å². The van der Waals surface area contributed by atoms with Crippen molar-refractivity contribution in [1.29, 1.82) is 0 Å². The lowest BCUT2D eigenvalue weighted by Gasteiger charge is -2.27. The van der Waals surface area contributed by atoms with Crippen molar-refractivity contribution in [3.8, 4) is 0 Å². The van der Waals surface area contributed by atoms with Crippen LogP contribution < -0.4 is 0 Å². The van der Waals surface area contributed by atoms with E-state index in [2.05, 4.69) is 4.98 Å². The van der Waals surface area contributed by atoms with Gasteiger partial charge in [0, 0.05) is 12.6 Å². The molecule has 1 heterocycles. The highest BCUT2D eigenvalue weighted by atomic mass is 19.1. The average molecular weight is 297 g/mol. The van der Waals surface area contributed by atoms with Crippen LogP contribution in [-0.2, 0) is 25.5 Å². The Bertz CT molecular complexity index is 486. The summed E-state index contributed by atoms with van der Waals surface area (Å²) in [6.07, 6.45) is 2.67. The lowest BCUT2D eigenvalue weighted by atomic mass is 9.79. The number of rotatable bonds is 7. The van der Waals surface area contributed by atoms with Crippen molar-refractivity contribution < 1.29 is 23.5 Å². The Morgan fingerprint density at radius 2 is 1.71 bits per heavy atom. The molecule has 1 aromatic heterocycles. The van der Waals surface area contributed by atoms with Crippen LogP contribution in [0.2, 0.25) is 0 Å². The fourth-order valence-corrected chi connectivity index (χ4v) is 2.08. The Labute approximate surface area is 123 Å². The molecule has 0 amide bonds. The smallest absolute Gasteiger partial charge is 0.323 e. The van der Waals surface area contributed by atoms with Crippen LogP contribution in [0.5, 0.6) is 0 Å². The summed E-state index contributed by atoms with van der Waals surface area (Å²) in [5.41, 5.74) is -1.03. The van der Waals surface area contributed by atoms with E-state index in [-0.39, 0.29) is 26.1 Å². The molecule has 0 spiro atoms. The topological polar surface area (TPSA) is 65.5 Å². The molecule has 5 nitrogen and oxygen atoms in total. The van der Waals surface area contributed by atoms with Gasteiger partial charge in [0.25, 0.3) is 0 Å². The van der Waals surface area contributed by atoms with Crippen LogP contribution in [-0.4, -0.2) is 30.1 Å². The van der Waals surface area contributed by atoms with Gasteiger partial charge < -0.3 is 9.47 Å². The largest absolute Gasteiger partial charge is 0.465 e. The zero-order valence-corrected chi connectivity index (χ0v) is 12.5. The number of carbonyl (C=O) groups excluding carboxylic acids is 2. The molecule has 6 heteroatoms. The third kappa shape index (κ3) is 4.00. The van der Waals surface area contributed by atoms with E-state index < -0.39 is 23.2 Å². The van der Waals surface area contributed by atoms with E-state index in [4.69, 9.17) is 9.47 Å². The van der Waals surface area contributed by atoms with Crippen molar-refractivity contribution in [2.75, 3.05) is 13.2 Å². The lowest BCUT2D eigenvalue weighted by Crippen LogP contribution is -2.43. The van der Waals surface area contributed by atoms with Gasteiger partial charge in [0.2, 0.25) is 0 Å². The van der Waals surface area contributed by atoms with Crippen molar-refractivity contribution in [2.24, 2.45) is 5.41 Å². The molecule has 0 aliphatic heterocycles. The minimum Gasteiger partial charge on any atom is -0.465 e. The van der Waals surface area contributed by atoms with Crippen LogP contribution in [0.4, 0.5) is 4.39 Å². The summed E-state index contributed by atoms with van der Waals surface area (Å²) < 4.78 is 23.3. The standard InChI is InChI=1S/C15H20FNO4/c1-4-15(13(18)20-5-2,14(19)21-6-3)8-11-7-12(16)10-17-9-11/h7,9-10H,4-6,8H2,1-3H3. The predicted octanol–water partition coefficient (Wildman–Crippen LogP) is 2.29. The number of carbonyl (C=O) groups is 2. The van der Waals surface area contributed by atoms with Crippen molar-refractivity contribution in [1.82, 2.24) is 4.98 Å². The van der Waals surface area contributed by atoms with Crippen LogP contribution in [0.3, 0.4) is 0 Å². The highest BCUT2D eigenvalue weighted by molar-refractivity contribution is 6.00. The monoisotopic (exact) mass is 297 g/mol. The number of ether oxygens (including phenoxy) is 2. The first-order chi connectivity index (χ1) is 10.00. The Morgan fingerprint density at radius 3 is 2.14 bits per heavy atom. The number of halogens is 1. The molecule has 0 radical (unpaired) electrons. The van der Waals surface area contributed by atoms with E-state index in [9.17, 15) is 14.0 Å². The van der Waals surface area contributed by atoms with Gasteiger partial charge in [-0.2, -0.15) is 0 Å². The van der Waals surface area contributed by atoms with Crippen LogP contribution in [0.1, 0.15) is 32.8 Å². The van der Waals surface area contributed by atoms with Crippen molar-refractivity contribution in [3.63, 3.8) is 0 Å². The third-order valence-corrected chi connectivity index (χ3v) is 3.20. The molecule has 0 atom stereocenters. The minimum absolute atomic E-state index is 0.00801. The van der Waals surface area contributed by atoms with Gasteiger partial charge in [-0.25, -0.2) is 4.39 Å². The van der Waals surface area contributed by atoms with Crippen molar-refractivity contribution in [3.05, 3.63) is 29.8 Å². The van der Waals surface area contributed by atoms with Gasteiger partial charge in [-0.05, 0) is 31.9 Å². The van der Waals surface area contributed by atoms with Crippen molar-refractivity contribution in [2.45, 2.75) is 33.6 Å². The molecule has 1 rings (SSSR count). The van der Waals surface area contributed by atoms with Gasteiger partial charge in [-0.15, -0.1) is 0 Å². The molecular formula is C15H20FNO4. The minimum atomic E-state index is -1.47. The van der Waals surface area contributed by atoms with E-state index in [1.54, 1.807) is 20.8 Å². The Kier molecular flexibility index (Phi) is 6.27. The van der Waals surface area contributed by atoms with Crippen LogP contribution in [0, 0.1) is 11.2 Å². The fraction of sp³-hybridized carbons (Fsp3) is 0.533.